The molecule has 6 heteroatoms. The van der Waals surface area contributed by atoms with Crippen molar-refractivity contribution in [3.63, 3.8) is 0 Å². The van der Waals surface area contributed by atoms with E-state index in [0.717, 1.165) is 24.2 Å². The number of benzene rings is 2. The molecule has 6 nitrogen and oxygen atoms in total. The minimum absolute atomic E-state index is 0.279. The van der Waals surface area contributed by atoms with Crippen molar-refractivity contribution < 1.29 is 19.1 Å². The molecule has 25 heavy (non-hydrogen) atoms. The molecule has 0 aromatic heterocycles. The number of hydrogen-bond acceptors (Lipinski definition) is 4. The molecular weight excluding hydrogens is 320 g/mol. The average Bonchev–Trinajstić information content (AvgIpc) is 3.42. The van der Waals surface area contributed by atoms with Crippen molar-refractivity contribution in [3.8, 4) is 5.75 Å². The van der Waals surface area contributed by atoms with Gasteiger partial charge in [0.1, 0.15) is 5.75 Å². The Morgan fingerprint density at radius 3 is 2.12 bits per heavy atom. The van der Waals surface area contributed by atoms with E-state index in [1.807, 2.05) is 24.3 Å². The lowest BCUT2D eigenvalue weighted by Gasteiger charge is -2.19. The molecule has 0 atom stereocenters. The van der Waals surface area contributed by atoms with Crippen LogP contribution in [0.3, 0.4) is 0 Å². The van der Waals surface area contributed by atoms with Crippen LogP contribution in [0, 0.1) is 0 Å². The van der Waals surface area contributed by atoms with Crippen LogP contribution in [-0.4, -0.2) is 26.2 Å². The molecule has 1 fully saturated rings. The molecule has 2 amide bonds. The highest BCUT2D eigenvalue weighted by molar-refractivity contribution is 5.92. The van der Waals surface area contributed by atoms with Crippen LogP contribution in [0.1, 0.15) is 28.8 Å². The summed E-state index contributed by atoms with van der Waals surface area (Å²) in [6.45, 7) is 0. The lowest BCUT2D eigenvalue weighted by molar-refractivity contribution is 0.0600. The maximum Gasteiger partial charge on any atom is 0.337 e. The van der Waals surface area contributed by atoms with Gasteiger partial charge in [-0.05, 0) is 54.8 Å². The van der Waals surface area contributed by atoms with E-state index in [0.29, 0.717) is 11.3 Å². The topological polar surface area (TPSA) is 76.7 Å². The summed E-state index contributed by atoms with van der Waals surface area (Å²) in [5.41, 5.74) is 1.79. The van der Waals surface area contributed by atoms with Gasteiger partial charge in [-0.2, -0.15) is 0 Å². The van der Waals surface area contributed by atoms with Crippen molar-refractivity contribution in [1.82, 2.24) is 5.32 Å². The fraction of sp³-hybridized carbons (Fsp3) is 0.263. The SMILES string of the molecule is COC(=O)c1ccc(NC(=O)NC2(c3ccc(OC)cc3)CC2)cc1. The zero-order chi connectivity index (χ0) is 17.9. The maximum atomic E-state index is 12.3. The maximum absolute atomic E-state index is 12.3. The van der Waals surface area contributed by atoms with Crippen LogP contribution in [0.15, 0.2) is 48.5 Å². The third-order valence-corrected chi connectivity index (χ3v) is 4.31. The Morgan fingerprint density at radius 1 is 0.960 bits per heavy atom. The Hall–Kier alpha value is -3.02. The van der Waals surface area contributed by atoms with Gasteiger partial charge in [0, 0.05) is 5.69 Å². The van der Waals surface area contributed by atoms with E-state index < -0.39 is 5.97 Å². The van der Waals surface area contributed by atoms with Crippen molar-refractivity contribution in [2.45, 2.75) is 18.4 Å². The molecule has 2 N–H and O–H groups in total. The van der Waals surface area contributed by atoms with Gasteiger partial charge in [0.25, 0.3) is 0 Å². The van der Waals surface area contributed by atoms with Crippen molar-refractivity contribution in [2.24, 2.45) is 0 Å². The highest BCUT2D eigenvalue weighted by Gasteiger charge is 2.45. The number of carbonyl (C=O) groups is 2. The van der Waals surface area contributed by atoms with Gasteiger partial charge in [0.05, 0.1) is 25.3 Å². The third kappa shape index (κ3) is 3.74. The molecule has 3 rings (SSSR count). The van der Waals surface area contributed by atoms with Crippen LogP contribution in [0.25, 0.3) is 0 Å². The molecule has 0 spiro atoms. The molecule has 0 saturated heterocycles. The third-order valence-electron chi connectivity index (χ3n) is 4.31. The number of nitrogens with one attached hydrogen (secondary N) is 2. The Kier molecular flexibility index (Phi) is 4.61. The minimum Gasteiger partial charge on any atom is -0.497 e. The fourth-order valence-electron chi connectivity index (χ4n) is 2.71. The van der Waals surface area contributed by atoms with E-state index in [9.17, 15) is 9.59 Å². The smallest absolute Gasteiger partial charge is 0.337 e. The molecule has 0 bridgehead atoms. The second-order valence-electron chi connectivity index (χ2n) is 5.96. The van der Waals surface area contributed by atoms with E-state index in [1.54, 1.807) is 31.4 Å². The molecule has 1 aliphatic carbocycles. The van der Waals surface area contributed by atoms with Crippen LogP contribution in [0.5, 0.6) is 5.75 Å². The van der Waals surface area contributed by atoms with Gasteiger partial charge >= 0.3 is 12.0 Å². The molecule has 2 aromatic rings. The van der Waals surface area contributed by atoms with Crippen molar-refractivity contribution in [1.29, 1.82) is 0 Å². The molecule has 0 unspecified atom stereocenters. The summed E-state index contributed by atoms with van der Waals surface area (Å²) >= 11 is 0. The number of amides is 2. The summed E-state index contributed by atoms with van der Waals surface area (Å²) < 4.78 is 9.81. The van der Waals surface area contributed by atoms with Crippen LogP contribution in [0.2, 0.25) is 0 Å². The second kappa shape index (κ2) is 6.84. The summed E-state index contributed by atoms with van der Waals surface area (Å²) in [5.74, 6) is 0.377. The Balaban J connectivity index is 1.63. The molecule has 0 radical (unpaired) electrons. The predicted octanol–water partition coefficient (Wildman–Crippen LogP) is 3.29. The van der Waals surface area contributed by atoms with Gasteiger partial charge in [-0.1, -0.05) is 12.1 Å². The molecule has 2 aromatic carbocycles. The zero-order valence-electron chi connectivity index (χ0n) is 14.2. The first-order valence-electron chi connectivity index (χ1n) is 7.98. The summed E-state index contributed by atoms with van der Waals surface area (Å²) in [5, 5.41) is 5.82. The summed E-state index contributed by atoms with van der Waals surface area (Å²) in [6, 6.07) is 14.0. The van der Waals surface area contributed by atoms with E-state index >= 15 is 0 Å². The van der Waals surface area contributed by atoms with E-state index in [1.165, 1.54) is 7.11 Å². The quantitative estimate of drug-likeness (QED) is 0.819. The van der Waals surface area contributed by atoms with Gasteiger partial charge in [-0.15, -0.1) is 0 Å². The number of urea groups is 1. The number of anilines is 1. The van der Waals surface area contributed by atoms with Crippen molar-refractivity contribution >= 4 is 17.7 Å². The summed E-state index contributed by atoms with van der Waals surface area (Å²) in [4.78, 5) is 23.7. The highest BCUT2D eigenvalue weighted by atomic mass is 16.5. The fourth-order valence-corrected chi connectivity index (χ4v) is 2.71. The summed E-state index contributed by atoms with van der Waals surface area (Å²) in [6.07, 6.45) is 1.79. The predicted molar refractivity (Wildman–Crippen MR) is 93.8 cm³/mol. The molecule has 0 heterocycles. The zero-order valence-corrected chi connectivity index (χ0v) is 14.2. The first-order chi connectivity index (χ1) is 12.1. The summed E-state index contributed by atoms with van der Waals surface area (Å²) in [7, 11) is 2.95. The first-order valence-corrected chi connectivity index (χ1v) is 7.98. The number of carbonyl (C=O) groups excluding carboxylic acids is 2. The van der Waals surface area contributed by atoms with Crippen LogP contribution < -0.4 is 15.4 Å². The normalized spacial score (nSPS) is 14.3. The number of hydrogen-bond donors (Lipinski definition) is 2. The van der Waals surface area contributed by atoms with Gasteiger partial charge in [-0.3, -0.25) is 0 Å². The van der Waals surface area contributed by atoms with Gasteiger partial charge in [0.15, 0.2) is 0 Å². The molecule has 130 valence electrons. The van der Waals surface area contributed by atoms with Gasteiger partial charge < -0.3 is 20.1 Å². The number of methoxy groups -OCH3 is 2. The van der Waals surface area contributed by atoms with E-state index in [-0.39, 0.29) is 11.6 Å². The molecule has 0 aliphatic heterocycles. The highest BCUT2D eigenvalue weighted by Crippen LogP contribution is 2.45. The number of esters is 1. The van der Waals surface area contributed by atoms with E-state index in [4.69, 9.17) is 4.74 Å². The average molecular weight is 340 g/mol. The van der Waals surface area contributed by atoms with Crippen LogP contribution >= 0.6 is 0 Å². The Morgan fingerprint density at radius 2 is 1.60 bits per heavy atom. The van der Waals surface area contributed by atoms with Gasteiger partial charge in [-0.25, -0.2) is 9.59 Å². The molecular formula is C19H20N2O4. The lowest BCUT2D eigenvalue weighted by Crippen LogP contribution is -2.38. The first kappa shape index (κ1) is 16.8. The lowest BCUT2D eigenvalue weighted by atomic mass is 10.1. The Bertz CT molecular complexity index is 765. The minimum atomic E-state index is -0.410. The second-order valence-corrected chi connectivity index (χ2v) is 5.96. The van der Waals surface area contributed by atoms with E-state index in [2.05, 4.69) is 15.4 Å². The monoisotopic (exact) mass is 340 g/mol. The molecule has 1 aliphatic rings. The van der Waals surface area contributed by atoms with Crippen LogP contribution in [-0.2, 0) is 10.3 Å². The largest absolute Gasteiger partial charge is 0.497 e. The van der Waals surface area contributed by atoms with Crippen molar-refractivity contribution in [3.05, 3.63) is 59.7 Å². The Labute approximate surface area is 146 Å². The number of rotatable bonds is 5. The molecule has 1 saturated carbocycles. The standard InChI is InChI=1S/C19H20N2O4/c1-24-16-9-5-14(6-10-16)19(11-12-19)21-18(23)20-15-7-3-13(4-8-15)17(22)25-2/h3-10H,11-12H2,1-2H3,(H2,20,21,23). The van der Waals surface area contributed by atoms with Crippen LogP contribution in [0.4, 0.5) is 10.5 Å². The van der Waals surface area contributed by atoms with Crippen molar-refractivity contribution in [2.75, 3.05) is 19.5 Å². The number of ether oxygens (including phenoxy) is 2. The van der Waals surface area contributed by atoms with Gasteiger partial charge in [0.2, 0.25) is 0 Å².